The molecule has 3 heterocycles. The molecule has 1 fully saturated rings. The fourth-order valence-electron chi connectivity index (χ4n) is 3.21. The predicted molar refractivity (Wildman–Crippen MR) is 98.2 cm³/mol. The van der Waals surface area contributed by atoms with Gasteiger partial charge in [-0.05, 0) is 31.5 Å². The van der Waals surface area contributed by atoms with E-state index >= 15 is 0 Å². The molecule has 128 valence electrons. The average molecular weight is 353 g/mol. The van der Waals surface area contributed by atoms with Gasteiger partial charge in [0, 0.05) is 35.1 Å². The fraction of sp³-hybridized carbons (Fsp3) is 0.278. The van der Waals surface area contributed by atoms with Crippen LogP contribution >= 0.6 is 11.3 Å². The highest BCUT2D eigenvalue weighted by Crippen LogP contribution is 2.23. The molecule has 1 aromatic carbocycles. The first-order valence-electron chi connectivity index (χ1n) is 8.30. The monoisotopic (exact) mass is 353 g/mol. The Balaban J connectivity index is 1.40. The van der Waals surface area contributed by atoms with Crippen LogP contribution in [0, 0.1) is 0 Å². The van der Waals surface area contributed by atoms with E-state index in [2.05, 4.69) is 25.2 Å². The Labute approximate surface area is 149 Å². The molecular weight excluding hydrogens is 334 g/mol. The average Bonchev–Trinajstić information content (AvgIpc) is 3.39. The van der Waals surface area contributed by atoms with E-state index in [0.717, 1.165) is 48.6 Å². The third-order valence-electron chi connectivity index (χ3n) is 4.48. The molecule has 1 amide bonds. The van der Waals surface area contributed by atoms with Crippen LogP contribution in [-0.2, 0) is 11.3 Å². The summed E-state index contributed by atoms with van der Waals surface area (Å²) in [7, 11) is 0. The zero-order chi connectivity index (χ0) is 17.1. The number of aromatic amines is 1. The van der Waals surface area contributed by atoms with Crippen molar-refractivity contribution in [1.29, 1.82) is 0 Å². The Hall–Kier alpha value is -2.51. The Kier molecular flexibility index (Phi) is 4.58. The first kappa shape index (κ1) is 16.0. The van der Waals surface area contributed by atoms with E-state index in [1.165, 1.54) is 0 Å². The predicted octanol–water partition coefficient (Wildman–Crippen LogP) is 3.14. The summed E-state index contributed by atoms with van der Waals surface area (Å²) in [6, 6.07) is 7.74. The van der Waals surface area contributed by atoms with Crippen LogP contribution in [0.5, 0.6) is 0 Å². The van der Waals surface area contributed by atoms with Crippen molar-refractivity contribution in [2.45, 2.75) is 25.4 Å². The number of hydrogen-bond donors (Lipinski definition) is 2. The van der Waals surface area contributed by atoms with E-state index in [1.54, 1.807) is 17.7 Å². The molecule has 0 bridgehead atoms. The molecule has 0 aliphatic carbocycles. The number of H-pyrrole nitrogens is 1. The summed E-state index contributed by atoms with van der Waals surface area (Å²) in [5, 5.41) is 5.06. The Morgan fingerprint density at radius 2 is 2.24 bits per heavy atom. The van der Waals surface area contributed by atoms with Crippen molar-refractivity contribution in [1.82, 2.24) is 19.9 Å². The molecule has 1 aliphatic heterocycles. The number of likely N-dealkylation sites (tertiary alicyclic amines) is 1. The van der Waals surface area contributed by atoms with E-state index in [-0.39, 0.29) is 11.9 Å². The number of carbonyl (C=O) groups excluding carboxylic acids is 1. The van der Waals surface area contributed by atoms with Crippen molar-refractivity contribution in [2.24, 2.45) is 0 Å². The van der Waals surface area contributed by atoms with E-state index in [4.69, 9.17) is 0 Å². The molecule has 0 spiro atoms. The van der Waals surface area contributed by atoms with Crippen molar-refractivity contribution >= 4 is 22.9 Å². The number of hydrogen-bond acceptors (Lipinski definition) is 5. The molecule has 1 unspecified atom stereocenters. The van der Waals surface area contributed by atoms with Crippen molar-refractivity contribution < 1.29 is 4.79 Å². The molecule has 0 saturated carbocycles. The summed E-state index contributed by atoms with van der Waals surface area (Å²) >= 11 is 1.57. The third-order valence-corrected chi connectivity index (χ3v) is 5.06. The van der Waals surface area contributed by atoms with Gasteiger partial charge < -0.3 is 10.3 Å². The minimum Gasteiger partial charge on any atom is -0.347 e. The van der Waals surface area contributed by atoms with E-state index < -0.39 is 0 Å². The normalized spacial score (nSPS) is 17.7. The highest BCUT2D eigenvalue weighted by molar-refractivity contribution is 7.07. The van der Waals surface area contributed by atoms with Crippen LogP contribution in [-0.4, -0.2) is 38.3 Å². The lowest BCUT2D eigenvalue weighted by Crippen LogP contribution is -2.39. The Morgan fingerprint density at radius 1 is 1.36 bits per heavy atom. The van der Waals surface area contributed by atoms with Crippen LogP contribution in [0.2, 0.25) is 0 Å². The number of nitrogens with one attached hydrogen (secondary N) is 2. The summed E-state index contributed by atoms with van der Waals surface area (Å²) in [6.07, 6.45) is 5.40. The van der Waals surface area contributed by atoms with Gasteiger partial charge in [0.15, 0.2) is 0 Å². The topological polar surface area (TPSA) is 73.9 Å². The second-order valence-electron chi connectivity index (χ2n) is 6.15. The second-order valence-corrected chi connectivity index (χ2v) is 6.86. The van der Waals surface area contributed by atoms with Gasteiger partial charge in [-0.15, -0.1) is 11.3 Å². The van der Waals surface area contributed by atoms with Crippen molar-refractivity contribution in [3.63, 3.8) is 0 Å². The van der Waals surface area contributed by atoms with Gasteiger partial charge in [0.1, 0.15) is 0 Å². The van der Waals surface area contributed by atoms with Crippen LogP contribution in [0.1, 0.15) is 18.5 Å². The van der Waals surface area contributed by atoms with Gasteiger partial charge in [0.2, 0.25) is 5.91 Å². The summed E-state index contributed by atoms with van der Waals surface area (Å²) in [4.78, 5) is 26.3. The number of rotatable bonds is 5. The Bertz CT molecular complexity index is 814. The molecule has 25 heavy (non-hydrogen) atoms. The maximum atomic E-state index is 12.7. The van der Waals surface area contributed by atoms with Crippen LogP contribution in [0.25, 0.3) is 11.3 Å². The lowest BCUT2D eigenvalue weighted by molar-refractivity contribution is -0.120. The van der Waals surface area contributed by atoms with Gasteiger partial charge in [0.05, 0.1) is 23.6 Å². The molecule has 6 nitrogen and oxygen atoms in total. The molecule has 2 aromatic heterocycles. The van der Waals surface area contributed by atoms with Crippen LogP contribution in [0.15, 0.2) is 47.7 Å². The third kappa shape index (κ3) is 3.62. The van der Waals surface area contributed by atoms with Crippen molar-refractivity contribution in [2.75, 3.05) is 11.9 Å². The van der Waals surface area contributed by atoms with Gasteiger partial charge >= 0.3 is 0 Å². The molecular formula is C18H19N5OS. The van der Waals surface area contributed by atoms with E-state index in [1.807, 2.05) is 41.4 Å². The quantitative estimate of drug-likeness (QED) is 0.739. The minimum atomic E-state index is -0.0958. The van der Waals surface area contributed by atoms with Gasteiger partial charge in [-0.2, -0.15) is 0 Å². The molecule has 4 rings (SSSR count). The van der Waals surface area contributed by atoms with Gasteiger partial charge in [-0.1, -0.05) is 12.1 Å². The standard InChI is InChI=1S/C18H19N5OS/c24-18(17-2-1-7-23(17)9-15-8-19-11-20-15)22-14-5-3-13(4-6-14)16-10-25-12-21-16/h3-6,8,10-12,17H,1-2,7,9H2,(H,19,20)(H,22,24). The highest BCUT2D eigenvalue weighted by Gasteiger charge is 2.30. The number of anilines is 1. The smallest absolute Gasteiger partial charge is 0.241 e. The molecule has 1 aliphatic rings. The SMILES string of the molecule is O=C(Nc1ccc(-c2cscn2)cc1)C1CCCN1Cc1cnc[nH]1. The maximum absolute atomic E-state index is 12.7. The molecule has 1 saturated heterocycles. The van der Waals surface area contributed by atoms with Gasteiger partial charge in [0.25, 0.3) is 0 Å². The first-order valence-corrected chi connectivity index (χ1v) is 9.25. The maximum Gasteiger partial charge on any atom is 0.241 e. The lowest BCUT2D eigenvalue weighted by atomic mass is 10.1. The highest BCUT2D eigenvalue weighted by atomic mass is 32.1. The number of nitrogens with zero attached hydrogens (tertiary/aromatic N) is 3. The largest absolute Gasteiger partial charge is 0.347 e. The number of aromatic nitrogens is 3. The van der Waals surface area contributed by atoms with Gasteiger partial charge in [-0.25, -0.2) is 9.97 Å². The van der Waals surface area contributed by atoms with E-state index in [0.29, 0.717) is 0 Å². The summed E-state index contributed by atoms with van der Waals surface area (Å²) in [5.41, 5.74) is 5.69. The minimum absolute atomic E-state index is 0.0541. The van der Waals surface area contributed by atoms with Crippen LogP contribution < -0.4 is 5.32 Å². The molecule has 2 N–H and O–H groups in total. The van der Waals surface area contributed by atoms with Crippen molar-refractivity contribution in [3.8, 4) is 11.3 Å². The Morgan fingerprint density at radius 3 is 2.96 bits per heavy atom. The second kappa shape index (κ2) is 7.16. The van der Waals surface area contributed by atoms with Crippen molar-refractivity contribution in [3.05, 3.63) is 53.4 Å². The summed E-state index contributed by atoms with van der Waals surface area (Å²) < 4.78 is 0. The van der Waals surface area contributed by atoms with Gasteiger partial charge in [-0.3, -0.25) is 9.69 Å². The number of imidazole rings is 1. The molecule has 0 radical (unpaired) electrons. The number of benzene rings is 1. The zero-order valence-corrected chi connectivity index (χ0v) is 14.5. The summed E-state index contributed by atoms with van der Waals surface area (Å²) in [5.74, 6) is 0.0541. The summed E-state index contributed by atoms with van der Waals surface area (Å²) in [6.45, 7) is 1.65. The zero-order valence-electron chi connectivity index (χ0n) is 13.7. The number of carbonyl (C=O) groups is 1. The first-order chi connectivity index (χ1) is 12.3. The van der Waals surface area contributed by atoms with Crippen LogP contribution in [0.4, 0.5) is 5.69 Å². The lowest BCUT2D eigenvalue weighted by Gasteiger charge is -2.23. The fourth-order valence-corrected chi connectivity index (χ4v) is 3.77. The number of thiazole rings is 1. The molecule has 1 atom stereocenters. The van der Waals surface area contributed by atoms with E-state index in [9.17, 15) is 4.79 Å². The number of amides is 1. The molecule has 7 heteroatoms. The molecule has 3 aromatic rings. The van der Waals surface area contributed by atoms with Crippen LogP contribution in [0.3, 0.4) is 0 Å².